The maximum absolute atomic E-state index is 12.0. The summed E-state index contributed by atoms with van der Waals surface area (Å²) < 4.78 is 10.8. The minimum atomic E-state index is 0.184. The van der Waals surface area contributed by atoms with E-state index >= 15 is 0 Å². The summed E-state index contributed by atoms with van der Waals surface area (Å²) in [6, 6.07) is 7.23. The Hall–Kier alpha value is -1.26. The van der Waals surface area contributed by atoms with Gasteiger partial charge in [-0.05, 0) is 37.1 Å². The molecule has 0 N–H and O–H groups in total. The first-order valence-corrected chi connectivity index (χ1v) is 7.26. The van der Waals surface area contributed by atoms with Gasteiger partial charge in [0.05, 0.1) is 12.7 Å². The minimum absolute atomic E-state index is 0.184. The highest BCUT2D eigenvalue weighted by Crippen LogP contribution is 2.16. The fourth-order valence-electron chi connectivity index (χ4n) is 2.25. The second-order valence-corrected chi connectivity index (χ2v) is 5.33. The van der Waals surface area contributed by atoms with E-state index in [0.717, 1.165) is 25.1 Å². The molecule has 110 valence electrons. The Labute approximate surface area is 124 Å². The van der Waals surface area contributed by atoms with Crippen molar-refractivity contribution in [2.24, 2.45) is 0 Å². The number of benzene rings is 1. The van der Waals surface area contributed by atoms with Crippen molar-refractivity contribution in [2.75, 3.05) is 26.8 Å². The van der Waals surface area contributed by atoms with Gasteiger partial charge in [-0.2, -0.15) is 0 Å². The number of hydrogen-bond donors (Lipinski definition) is 0. The Morgan fingerprint density at radius 2 is 2.15 bits per heavy atom. The standard InChI is InChI=1S/C15H20ClNO3/c1-19-14-8-9-17(11-14)15(18)3-2-10-20-13-6-4-12(16)5-7-13/h4-7,14H,2-3,8-11H2,1H3. The quantitative estimate of drug-likeness (QED) is 0.758. The third kappa shape index (κ3) is 4.39. The van der Waals surface area contributed by atoms with Crippen LogP contribution in [0.5, 0.6) is 5.75 Å². The van der Waals surface area contributed by atoms with E-state index in [1.165, 1.54) is 0 Å². The van der Waals surface area contributed by atoms with Gasteiger partial charge in [0.15, 0.2) is 0 Å². The fraction of sp³-hybridized carbons (Fsp3) is 0.533. The summed E-state index contributed by atoms with van der Waals surface area (Å²) in [5, 5.41) is 0.689. The zero-order chi connectivity index (χ0) is 14.4. The normalized spacial score (nSPS) is 18.3. The summed E-state index contributed by atoms with van der Waals surface area (Å²) in [5.74, 6) is 0.965. The molecule has 1 fully saturated rings. The Bertz CT molecular complexity index is 435. The number of ether oxygens (including phenoxy) is 2. The number of methoxy groups -OCH3 is 1. The zero-order valence-electron chi connectivity index (χ0n) is 11.7. The predicted molar refractivity (Wildman–Crippen MR) is 78.2 cm³/mol. The molecule has 20 heavy (non-hydrogen) atoms. The molecule has 1 amide bonds. The number of rotatable bonds is 6. The van der Waals surface area contributed by atoms with Gasteiger partial charge < -0.3 is 14.4 Å². The van der Waals surface area contributed by atoms with Gasteiger partial charge in [0.2, 0.25) is 5.91 Å². The summed E-state index contributed by atoms with van der Waals surface area (Å²) in [4.78, 5) is 13.8. The molecule has 1 atom stereocenters. The first kappa shape index (κ1) is 15.1. The van der Waals surface area contributed by atoms with Crippen LogP contribution >= 0.6 is 11.6 Å². The second kappa shape index (κ2) is 7.50. The molecule has 1 aromatic rings. The SMILES string of the molecule is COC1CCN(C(=O)CCCOc2ccc(Cl)cc2)C1. The lowest BCUT2D eigenvalue weighted by Crippen LogP contribution is -2.30. The first-order valence-electron chi connectivity index (χ1n) is 6.88. The van der Waals surface area contributed by atoms with Gasteiger partial charge in [0.1, 0.15) is 5.75 Å². The van der Waals surface area contributed by atoms with Crippen molar-refractivity contribution >= 4 is 17.5 Å². The minimum Gasteiger partial charge on any atom is -0.494 e. The number of carbonyl (C=O) groups excluding carboxylic acids is 1. The molecule has 0 aliphatic carbocycles. The van der Waals surface area contributed by atoms with Crippen LogP contribution < -0.4 is 4.74 Å². The molecule has 1 unspecified atom stereocenters. The Morgan fingerprint density at radius 1 is 1.40 bits per heavy atom. The van der Waals surface area contributed by atoms with Crippen molar-refractivity contribution in [3.63, 3.8) is 0 Å². The highest BCUT2D eigenvalue weighted by Gasteiger charge is 2.25. The van der Waals surface area contributed by atoms with Crippen molar-refractivity contribution in [2.45, 2.75) is 25.4 Å². The van der Waals surface area contributed by atoms with Crippen LogP contribution in [0.4, 0.5) is 0 Å². The predicted octanol–water partition coefficient (Wildman–Crippen LogP) is 2.75. The lowest BCUT2D eigenvalue weighted by Gasteiger charge is -2.16. The molecule has 0 radical (unpaired) electrons. The summed E-state index contributed by atoms with van der Waals surface area (Å²) in [6.07, 6.45) is 2.37. The van der Waals surface area contributed by atoms with Gasteiger partial charge in [-0.3, -0.25) is 4.79 Å². The Morgan fingerprint density at radius 3 is 2.80 bits per heavy atom. The Balaban J connectivity index is 1.63. The molecular formula is C15H20ClNO3. The van der Waals surface area contributed by atoms with Gasteiger partial charge in [-0.25, -0.2) is 0 Å². The van der Waals surface area contributed by atoms with Gasteiger partial charge in [0, 0.05) is 31.6 Å². The Kier molecular flexibility index (Phi) is 5.68. The van der Waals surface area contributed by atoms with Gasteiger partial charge >= 0.3 is 0 Å². The topological polar surface area (TPSA) is 38.8 Å². The average molecular weight is 298 g/mol. The van der Waals surface area contributed by atoms with E-state index in [0.29, 0.717) is 24.6 Å². The number of halogens is 1. The molecule has 1 heterocycles. The van der Waals surface area contributed by atoms with Crippen LogP contribution in [0.15, 0.2) is 24.3 Å². The van der Waals surface area contributed by atoms with Crippen molar-refractivity contribution in [3.05, 3.63) is 29.3 Å². The zero-order valence-corrected chi connectivity index (χ0v) is 12.4. The second-order valence-electron chi connectivity index (χ2n) is 4.89. The van der Waals surface area contributed by atoms with Crippen molar-refractivity contribution in [1.29, 1.82) is 0 Å². The lowest BCUT2D eigenvalue weighted by atomic mass is 10.3. The number of carbonyl (C=O) groups is 1. The molecule has 1 saturated heterocycles. The summed E-state index contributed by atoms with van der Waals surface area (Å²) in [6.45, 7) is 2.05. The molecule has 1 aliphatic rings. The molecule has 1 aromatic carbocycles. The van der Waals surface area contributed by atoms with E-state index in [-0.39, 0.29) is 12.0 Å². The monoisotopic (exact) mass is 297 g/mol. The van der Waals surface area contributed by atoms with Crippen molar-refractivity contribution in [1.82, 2.24) is 4.90 Å². The number of nitrogens with zero attached hydrogens (tertiary/aromatic N) is 1. The largest absolute Gasteiger partial charge is 0.494 e. The third-order valence-electron chi connectivity index (χ3n) is 3.45. The number of amides is 1. The summed E-state index contributed by atoms with van der Waals surface area (Å²) in [7, 11) is 1.69. The van der Waals surface area contributed by atoms with Crippen LogP contribution in [-0.4, -0.2) is 43.7 Å². The molecule has 0 saturated carbocycles. The van der Waals surface area contributed by atoms with E-state index in [1.807, 2.05) is 17.0 Å². The van der Waals surface area contributed by atoms with Gasteiger partial charge in [0.25, 0.3) is 0 Å². The molecule has 0 aromatic heterocycles. The van der Waals surface area contributed by atoms with Crippen LogP contribution in [0.1, 0.15) is 19.3 Å². The molecule has 5 heteroatoms. The smallest absolute Gasteiger partial charge is 0.222 e. The number of hydrogen-bond acceptors (Lipinski definition) is 3. The first-order chi connectivity index (χ1) is 9.69. The highest BCUT2D eigenvalue weighted by molar-refractivity contribution is 6.30. The van der Waals surface area contributed by atoms with E-state index in [9.17, 15) is 4.79 Å². The van der Waals surface area contributed by atoms with Crippen molar-refractivity contribution < 1.29 is 14.3 Å². The van der Waals surface area contributed by atoms with Crippen LogP contribution in [0.2, 0.25) is 5.02 Å². The summed E-state index contributed by atoms with van der Waals surface area (Å²) >= 11 is 5.79. The van der Waals surface area contributed by atoms with Crippen molar-refractivity contribution in [3.8, 4) is 5.75 Å². The van der Waals surface area contributed by atoms with Crippen LogP contribution in [-0.2, 0) is 9.53 Å². The molecule has 2 rings (SSSR count). The van der Waals surface area contributed by atoms with E-state index < -0.39 is 0 Å². The molecule has 0 spiro atoms. The van der Waals surface area contributed by atoms with E-state index in [2.05, 4.69) is 0 Å². The maximum atomic E-state index is 12.0. The van der Waals surface area contributed by atoms with E-state index in [1.54, 1.807) is 19.2 Å². The van der Waals surface area contributed by atoms with Crippen LogP contribution in [0, 0.1) is 0 Å². The van der Waals surface area contributed by atoms with Gasteiger partial charge in [-0.1, -0.05) is 11.6 Å². The summed E-state index contributed by atoms with van der Waals surface area (Å²) in [5.41, 5.74) is 0. The molecular weight excluding hydrogens is 278 g/mol. The fourth-order valence-corrected chi connectivity index (χ4v) is 2.38. The van der Waals surface area contributed by atoms with Crippen LogP contribution in [0.3, 0.4) is 0 Å². The molecule has 1 aliphatic heterocycles. The average Bonchev–Trinajstić information content (AvgIpc) is 2.94. The molecule has 4 nitrogen and oxygen atoms in total. The maximum Gasteiger partial charge on any atom is 0.222 e. The number of likely N-dealkylation sites (tertiary alicyclic amines) is 1. The van der Waals surface area contributed by atoms with Crippen LogP contribution in [0.25, 0.3) is 0 Å². The highest BCUT2D eigenvalue weighted by atomic mass is 35.5. The van der Waals surface area contributed by atoms with E-state index in [4.69, 9.17) is 21.1 Å². The third-order valence-corrected chi connectivity index (χ3v) is 3.70. The van der Waals surface area contributed by atoms with Gasteiger partial charge in [-0.15, -0.1) is 0 Å². The lowest BCUT2D eigenvalue weighted by molar-refractivity contribution is -0.130. The molecule has 0 bridgehead atoms.